The number of hydrogen-bond acceptors (Lipinski definition) is 5. The zero-order chi connectivity index (χ0) is 20.3. The van der Waals surface area contributed by atoms with Gasteiger partial charge in [-0.2, -0.15) is 0 Å². The van der Waals surface area contributed by atoms with Crippen molar-refractivity contribution < 1.29 is 23.9 Å². The highest BCUT2D eigenvalue weighted by Gasteiger charge is 2.55. The molecule has 6 rings (SSSR count). The summed E-state index contributed by atoms with van der Waals surface area (Å²) in [5, 5.41) is 0. The van der Waals surface area contributed by atoms with E-state index in [4.69, 9.17) is 4.74 Å². The van der Waals surface area contributed by atoms with Crippen molar-refractivity contribution >= 4 is 23.6 Å². The molecule has 4 saturated carbocycles. The van der Waals surface area contributed by atoms with Gasteiger partial charge in [0, 0.05) is 5.41 Å². The molecule has 1 saturated heterocycles. The summed E-state index contributed by atoms with van der Waals surface area (Å²) >= 11 is 0. The molecule has 6 aliphatic rings. The van der Waals surface area contributed by atoms with E-state index in [1.165, 1.54) is 19.3 Å². The van der Waals surface area contributed by atoms with E-state index in [0.717, 1.165) is 24.2 Å². The first-order chi connectivity index (χ1) is 13.9. The Bertz CT molecular complexity index is 738. The van der Waals surface area contributed by atoms with Crippen molar-refractivity contribution in [2.45, 2.75) is 64.4 Å². The molecule has 6 nitrogen and oxygen atoms in total. The molecule has 5 fully saturated rings. The molecule has 156 valence electrons. The molecule has 0 spiro atoms. The molecule has 0 aromatic carbocycles. The van der Waals surface area contributed by atoms with Crippen molar-refractivity contribution in [1.29, 1.82) is 0 Å². The molecule has 0 aromatic rings. The summed E-state index contributed by atoms with van der Waals surface area (Å²) in [6.45, 7) is 1.26. The summed E-state index contributed by atoms with van der Waals surface area (Å²) < 4.78 is 5.46. The van der Waals surface area contributed by atoms with Crippen molar-refractivity contribution in [2.24, 2.45) is 35.0 Å². The highest BCUT2D eigenvalue weighted by atomic mass is 16.5. The van der Waals surface area contributed by atoms with Gasteiger partial charge in [-0.3, -0.25) is 24.1 Å². The Kier molecular flexibility index (Phi) is 4.44. The van der Waals surface area contributed by atoms with Crippen LogP contribution in [-0.4, -0.2) is 41.1 Å². The van der Waals surface area contributed by atoms with Gasteiger partial charge in [-0.1, -0.05) is 12.2 Å². The molecule has 2 amide bonds. The molecule has 3 atom stereocenters. The number of allylic oxidation sites excluding steroid dienone is 2. The maximum Gasteiger partial charge on any atom is 0.326 e. The number of nitrogens with zero attached hydrogens (tertiary/aromatic N) is 1. The third kappa shape index (κ3) is 3.06. The van der Waals surface area contributed by atoms with E-state index in [1.54, 1.807) is 6.92 Å². The molecule has 1 heterocycles. The van der Waals surface area contributed by atoms with Crippen molar-refractivity contribution in [3.63, 3.8) is 0 Å². The van der Waals surface area contributed by atoms with Gasteiger partial charge in [-0.25, -0.2) is 0 Å². The molecule has 4 bridgehead atoms. The van der Waals surface area contributed by atoms with Gasteiger partial charge in [0.05, 0.1) is 11.8 Å². The third-order valence-corrected chi connectivity index (χ3v) is 8.12. The number of imide groups is 1. The quantitative estimate of drug-likeness (QED) is 0.403. The number of likely N-dealkylation sites (tertiary alicyclic amines) is 1. The van der Waals surface area contributed by atoms with E-state index in [2.05, 4.69) is 0 Å². The molecule has 5 aliphatic carbocycles. The van der Waals surface area contributed by atoms with E-state index in [9.17, 15) is 19.2 Å². The molecular weight excluding hydrogens is 370 g/mol. The van der Waals surface area contributed by atoms with Gasteiger partial charge < -0.3 is 4.74 Å². The number of carbonyl (C=O) groups is 4. The molecule has 1 aliphatic heterocycles. The molecule has 29 heavy (non-hydrogen) atoms. The summed E-state index contributed by atoms with van der Waals surface area (Å²) in [6, 6.07) is 0. The summed E-state index contributed by atoms with van der Waals surface area (Å²) in [5.74, 6) is 0.0194. The summed E-state index contributed by atoms with van der Waals surface area (Å²) in [5.41, 5.74) is -0.325. The molecule has 0 radical (unpaired) electrons. The predicted octanol–water partition coefficient (Wildman–Crippen LogP) is 2.65. The standard InChI is InChI=1S/C23H29NO5/c1-13(20(26)23-9-14-6-15(10-23)8-16(7-14)11-23)29-19(25)12-24-21(27)17-4-2-3-5-18(17)22(24)28/h2-3,13-18H,4-12H2,1H3/t13-,14?,15?,16?,17-,18-,23?/m0/s1. The number of hydrogen-bond donors (Lipinski definition) is 0. The maximum atomic E-state index is 13.3. The monoisotopic (exact) mass is 399 g/mol. The fourth-order valence-electron chi connectivity index (χ4n) is 7.29. The van der Waals surface area contributed by atoms with Gasteiger partial charge >= 0.3 is 5.97 Å². The van der Waals surface area contributed by atoms with Gasteiger partial charge in [0.25, 0.3) is 0 Å². The SMILES string of the molecule is C[C@H](OC(=O)CN1C(=O)[C@H]2CC=CC[C@@H]2C1=O)C(=O)C12CC3CC(CC(C3)C1)C2. The number of carbonyl (C=O) groups excluding carboxylic acids is 4. The van der Waals surface area contributed by atoms with E-state index in [0.29, 0.717) is 30.6 Å². The van der Waals surface area contributed by atoms with E-state index >= 15 is 0 Å². The van der Waals surface area contributed by atoms with Crippen molar-refractivity contribution in [3.8, 4) is 0 Å². The Morgan fingerprint density at radius 1 is 1.00 bits per heavy atom. The molecule has 0 N–H and O–H groups in total. The van der Waals surface area contributed by atoms with Crippen LogP contribution in [0.4, 0.5) is 0 Å². The zero-order valence-corrected chi connectivity index (χ0v) is 17.0. The Morgan fingerprint density at radius 3 is 1.97 bits per heavy atom. The van der Waals surface area contributed by atoms with Crippen LogP contribution in [0.15, 0.2) is 12.2 Å². The molecule has 6 heteroatoms. The lowest BCUT2D eigenvalue weighted by Gasteiger charge is -2.56. The van der Waals surface area contributed by atoms with Gasteiger partial charge in [-0.05, 0) is 76.0 Å². The number of ether oxygens (including phenoxy) is 1. The number of ketones is 1. The Labute approximate surface area is 171 Å². The predicted molar refractivity (Wildman–Crippen MR) is 103 cm³/mol. The number of Topliss-reactive ketones (excluding diaryl/α,β-unsaturated/α-hetero) is 1. The van der Waals surface area contributed by atoms with Crippen LogP contribution < -0.4 is 0 Å². The minimum absolute atomic E-state index is 0.0434. The molecule has 0 unspecified atom stereocenters. The van der Waals surface area contributed by atoms with Crippen LogP contribution in [0.3, 0.4) is 0 Å². The first kappa shape index (κ1) is 19.0. The van der Waals surface area contributed by atoms with Crippen molar-refractivity contribution in [2.75, 3.05) is 6.54 Å². The fourth-order valence-corrected chi connectivity index (χ4v) is 7.29. The lowest BCUT2D eigenvalue weighted by Crippen LogP contribution is -2.53. The van der Waals surface area contributed by atoms with Crippen LogP contribution in [-0.2, 0) is 23.9 Å². The topological polar surface area (TPSA) is 80.8 Å². The van der Waals surface area contributed by atoms with Crippen LogP contribution >= 0.6 is 0 Å². The van der Waals surface area contributed by atoms with Crippen LogP contribution in [0.25, 0.3) is 0 Å². The van der Waals surface area contributed by atoms with Crippen LogP contribution in [0.2, 0.25) is 0 Å². The first-order valence-corrected chi connectivity index (χ1v) is 11.1. The van der Waals surface area contributed by atoms with Crippen molar-refractivity contribution in [1.82, 2.24) is 4.90 Å². The smallest absolute Gasteiger partial charge is 0.326 e. The number of rotatable bonds is 5. The number of esters is 1. The highest BCUT2D eigenvalue weighted by Crippen LogP contribution is 2.60. The van der Waals surface area contributed by atoms with Crippen LogP contribution in [0, 0.1) is 35.0 Å². The average molecular weight is 399 g/mol. The lowest BCUT2D eigenvalue weighted by molar-refractivity contribution is -0.167. The van der Waals surface area contributed by atoms with E-state index in [-0.39, 0.29) is 41.4 Å². The molecular formula is C23H29NO5. The fraction of sp³-hybridized carbons (Fsp3) is 0.739. The summed E-state index contributed by atoms with van der Waals surface area (Å²) in [6.07, 6.45) is 10.6. The average Bonchev–Trinajstić information content (AvgIpc) is 2.91. The normalized spacial score (nSPS) is 40.9. The van der Waals surface area contributed by atoms with E-state index in [1.807, 2.05) is 12.2 Å². The second-order valence-electron chi connectivity index (χ2n) is 10.1. The van der Waals surface area contributed by atoms with Gasteiger partial charge in [0.15, 0.2) is 11.9 Å². The van der Waals surface area contributed by atoms with Gasteiger partial charge in [0.1, 0.15) is 6.54 Å². The minimum atomic E-state index is -0.824. The second kappa shape index (κ2) is 6.78. The Balaban J connectivity index is 1.22. The first-order valence-electron chi connectivity index (χ1n) is 11.1. The van der Waals surface area contributed by atoms with Crippen molar-refractivity contribution in [3.05, 3.63) is 12.2 Å². The Morgan fingerprint density at radius 2 is 1.48 bits per heavy atom. The second-order valence-corrected chi connectivity index (χ2v) is 10.1. The maximum absolute atomic E-state index is 13.3. The summed E-state index contributed by atoms with van der Waals surface area (Å²) in [7, 11) is 0. The lowest BCUT2D eigenvalue weighted by atomic mass is 9.48. The Hall–Kier alpha value is -1.98. The number of fused-ring (bicyclic) bond motifs is 1. The third-order valence-electron chi connectivity index (χ3n) is 8.12. The van der Waals surface area contributed by atoms with Gasteiger partial charge in [0.2, 0.25) is 11.8 Å². The minimum Gasteiger partial charge on any atom is -0.453 e. The zero-order valence-electron chi connectivity index (χ0n) is 17.0. The van der Waals surface area contributed by atoms with Crippen LogP contribution in [0.5, 0.6) is 0 Å². The van der Waals surface area contributed by atoms with Crippen LogP contribution in [0.1, 0.15) is 58.3 Å². The number of amides is 2. The summed E-state index contributed by atoms with van der Waals surface area (Å²) in [4.78, 5) is 51.9. The van der Waals surface area contributed by atoms with Gasteiger partial charge in [-0.15, -0.1) is 0 Å². The largest absolute Gasteiger partial charge is 0.453 e. The van der Waals surface area contributed by atoms with E-state index < -0.39 is 12.1 Å². The molecule has 0 aromatic heterocycles. The highest BCUT2D eigenvalue weighted by molar-refractivity contribution is 6.07.